The van der Waals surface area contributed by atoms with E-state index in [1.54, 1.807) is 36.1 Å². The van der Waals surface area contributed by atoms with Gasteiger partial charge in [-0.25, -0.2) is 4.79 Å². The van der Waals surface area contributed by atoms with E-state index in [0.29, 0.717) is 24.4 Å². The molecular formula is C22H24N2O4. The number of benzene rings is 2. The topological polar surface area (TPSA) is 75.7 Å². The molecule has 0 aromatic heterocycles. The fourth-order valence-electron chi connectivity index (χ4n) is 3.39. The van der Waals surface area contributed by atoms with E-state index in [-0.39, 0.29) is 18.2 Å². The third-order valence-corrected chi connectivity index (χ3v) is 4.68. The Morgan fingerprint density at radius 3 is 2.36 bits per heavy atom. The molecule has 1 aliphatic rings. The number of hydrogen-bond acceptors (Lipinski definition) is 4. The second-order valence-electron chi connectivity index (χ2n) is 7.04. The molecule has 0 bridgehead atoms. The van der Waals surface area contributed by atoms with Gasteiger partial charge in [0.15, 0.2) is 0 Å². The number of amides is 2. The Balaban J connectivity index is 1.65. The van der Waals surface area contributed by atoms with Gasteiger partial charge in [-0.2, -0.15) is 0 Å². The Morgan fingerprint density at radius 1 is 1.11 bits per heavy atom. The molecule has 0 saturated carbocycles. The molecule has 1 aliphatic heterocycles. The SMILES string of the molecule is CCOC(=O)c1ccc(NC(=O)C2CC(=O)N(c3cc(C)cc(C)c3)C2)cc1. The number of carbonyl (C=O) groups is 3. The quantitative estimate of drug-likeness (QED) is 0.806. The molecule has 1 atom stereocenters. The lowest BCUT2D eigenvalue weighted by Crippen LogP contribution is -2.28. The van der Waals surface area contributed by atoms with Crippen LogP contribution >= 0.6 is 0 Å². The molecule has 6 nitrogen and oxygen atoms in total. The average Bonchev–Trinajstić information content (AvgIpc) is 3.04. The fraction of sp³-hybridized carbons (Fsp3) is 0.318. The van der Waals surface area contributed by atoms with Gasteiger partial charge < -0.3 is 15.0 Å². The summed E-state index contributed by atoms with van der Waals surface area (Å²) in [5.41, 5.74) is 4.00. The molecule has 1 saturated heterocycles. The molecule has 1 N–H and O–H groups in total. The van der Waals surface area contributed by atoms with Crippen molar-refractivity contribution < 1.29 is 19.1 Å². The van der Waals surface area contributed by atoms with Crippen LogP contribution in [-0.2, 0) is 14.3 Å². The summed E-state index contributed by atoms with van der Waals surface area (Å²) in [6, 6.07) is 12.5. The van der Waals surface area contributed by atoms with Gasteiger partial charge in [-0.3, -0.25) is 9.59 Å². The van der Waals surface area contributed by atoms with Crippen molar-refractivity contribution in [1.29, 1.82) is 0 Å². The van der Waals surface area contributed by atoms with Crippen LogP contribution in [0.5, 0.6) is 0 Å². The van der Waals surface area contributed by atoms with Crippen LogP contribution in [0.3, 0.4) is 0 Å². The number of anilines is 2. The first-order chi connectivity index (χ1) is 13.4. The van der Waals surface area contributed by atoms with Gasteiger partial charge in [0.1, 0.15) is 0 Å². The Hall–Kier alpha value is -3.15. The summed E-state index contributed by atoms with van der Waals surface area (Å²) in [5, 5.41) is 2.83. The predicted molar refractivity (Wildman–Crippen MR) is 107 cm³/mol. The van der Waals surface area contributed by atoms with Crippen LogP contribution in [0.2, 0.25) is 0 Å². The minimum atomic E-state index is -0.418. The third-order valence-electron chi connectivity index (χ3n) is 4.68. The molecule has 0 radical (unpaired) electrons. The average molecular weight is 380 g/mol. The van der Waals surface area contributed by atoms with Gasteiger partial charge in [-0.1, -0.05) is 6.07 Å². The standard InChI is InChI=1S/C22H24N2O4/c1-4-28-22(27)16-5-7-18(8-6-16)23-21(26)17-12-20(25)24(13-17)19-10-14(2)9-15(3)11-19/h5-11,17H,4,12-13H2,1-3H3,(H,23,26). The molecule has 0 spiro atoms. The zero-order valence-electron chi connectivity index (χ0n) is 16.3. The first-order valence-corrected chi connectivity index (χ1v) is 9.34. The molecule has 1 unspecified atom stereocenters. The molecule has 0 aliphatic carbocycles. The van der Waals surface area contributed by atoms with Crippen molar-refractivity contribution in [3.63, 3.8) is 0 Å². The monoisotopic (exact) mass is 380 g/mol. The summed E-state index contributed by atoms with van der Waals surface area (Å²) >= 11 is 0. The van der Waals surface area contributed by atoms with Gasteiger partial charge in [0.2, 0.25) is 11.8 Å². The van der Waals surface area contributed by atoms with E-state index < -0.39 is 11.9 Å². The summed E-state index contributed by atoms with van der Waals surface area (Å²) in [4.78, 5) is 38.4. The van der Waals surface area contributed by atoms with Crippen LogP contribution in [0.1, 0.15) is 34.8 Å². The summed E-state index contributed by atoms with van der Waals surface area (Å²) in [5.74, 6) is -1.07. The van der Waals surface area contributed by atoms with Crippen molar-refractivity contribution in [3.05, 3.63) is 59.2 Å². The number of nitrogens with one attached hydrogen (secondary N) is 1. The number of ether oxygens (including phenoxy) is 1. The molecular weight excluding hydrogens is 356 g/mol. The van der Waals surface area contributed by atoms with E-state index in [9.17, 15) is 14.4 Å². The third kappa shape index (κ3) is 4.39. The first kappa shape index (κ1) is 19.6. The van der Waals surface area contributed by atoms with Crippen molar-refractivity contribution in [2.45, 2.75) is 27.2 Å². The molecule has 1 heterocycles. The van der Waals surface area contributed by atoms with E-state index in [0.717, 1.165) is 16.8 Å². The van der Waals surface area contributed by atoms with Crippen molar-refractivity contribution in [2.75, 3.05) is 23.4 Å². The van der Waals surface area contributed by atoms with Crippen molar-refractivity contribution in [3.8, 4) is 0 Å². The lowest BCUT2D eigenvalue weighted by molar-refractivity contribution is -0.122. The van der Waals surface area contributed by atoms with Gasteiger partial charge in [0.25, 0.3) is 0 Å². The number of nitrogens with zero attached hydrogens (tertiary/aromatic N) is 1. The second-order valence-corrected chi connectivity index (χ2v) is 7.04. The Morgan fingerprint density at radius 2 is 1.75 bits per heavy atom. The van der Waals surface area contributed by atoms with Gasteiger partial charge in [-0.05, 0) is 68.3 Å². The molecule has 146 valence electrons. The Labute approximate surface area is 164 Å². The van der Waals surface area contributed by atoms with E-state index >= 15 is 0 Å². The number of hydrogen-bond donors (Lipinski definition) is 1. The molecule has 3 rings (SSSR count). The van der Waals surface area contributed by atoms with E-state index in [1.807, 2.05) is 32.0 Å². The maximum Gasteiger partial charge on any atom is 0.338 e. The van der Waals surface area contributed by atoms with Gasteiger partial charge in [-0.15, -0.1) is 0 Å². The molecule has 1 fully saturated rings. The minimum Gasteiger partial charge on any atom is -0.462 e. The summed E-state index contributed by atoms with van der Waals surface area (Å²) < 4.78 is 4.94. The molecule has 2 aromatic rings. The zero-order valence-corrected chi connectivity index (χ0v) is 16.3. The zero-order chi connectivity index (χ0) is 20.3. The fourth-order valence-corrected chi connectivity index (χ4v) is 3.39. The van der Waals surface area contributed by atoms with E-state index in [1.165, 1.54) is 0 Å². The van der Waals surface area contributed by atoms with Crippen LogP contribution < -0.4 is 10.2 Å². The Kier molecular flexibility index (Phi) is 5.78. The van der Waals surface area contributed by atoms with Crippen LogP contribution in [0.25, 0.3) is 0 Å². The van der Waals surface area contributed by atoms with Gasteiger partial charge >= 0.3 is 5.97 Å². The number of carbonyl (C=O) groups excluding carboxylic acids is 3. The molecule has 6 heteroatoms. The molecule has 2 amide bonds. The number of esters is 1. The van der Waals surface area contributed by atoms with Crippen LogP contribution in [-0.4, -0.2) is 30.9 Å². The summed E-state index contributed by atoms with van der Waals surface area (Å²) in [7, 11) is 0. The normalized spacial score (nSPS) is 16.2. The highest BCUT2D eigenvalue weighted by atomic mass is 16.5. The van der Waals surface area contributed by atoms with Gasteiger partial charge in [0.05, 0.1) is 18.1 Å². The second kappa shape index (κ2) is 8.25. The lowest BCUT2D eigenvalue weighted by atomic mass is 10.1. The summed E-state index contributed by atoms with van der Waals surface area (Å²) in [6.07, 6.45) is 0.180. The summed E-state index contributed by atoms with van der Waals surface area (Å²) in [6.45, 7) is 6.39. The van der Waals surface area contributed by atoms with Crippen molar-refractivity contribution >= 4 is 29.2 Å². The van der Waals surface area contributed by atoms with E-state index in [4.69, 9.17) is 4.74 Å². The minimum absolute atomic E-state index is 0.0530. The predicted octanol–water partition coefficient (Wildman–Crippen LogP) is 3.47. The number of aryl methyl sites for hydroxylation is 2. The van der Waals surface area contributed by atoms with Crippen molar-refractivity contribution in [1.82, 2.24) is 0 Å². The smallest absolute Gasteiger partial charge is 0.338 e. The highest BCUT2D eigenvalue weighted by Gasteiger charge is 2.35. The molecule has 2 aromatic carbocycles. The van der Waals surface area contributed by atoms with Crippen molar-refractivity contribution in [2.24, 2.45) is 5.92 Å². The van der Waals surface area contributed by atoms with Crippen LogP contribution in [0, 0.1) is 19.8 Å². The molecule has 28 heavy (non-hydrogen) atoms. The maximum absolute atomic E-state index is 12.6. The van der Waals surface area contributed by atoms with Crippen LogP contribution in [0.4, 0.5) is 11.4 Å². The maximum atomic E-state index is 12.6. The largest absolute Gasteiger partial charge is 0.462 e. The van der Waals surface area contributed by atoms with Gasteiger partial charge in [0, 0.05) is 24.3 Å². The van der Waals surface area contributed by atoms with Crippen LogP contribution in [0.15, 0.2) is 42.5 Å². The van der Waals surface area contributed by atoms with E-state index in [2.05, 4.69) is 5.32 Å². The number of rotatable bonds is 5. The highest BCUT2D eigenvalue weighted by molar-refractivity contribution is 6.03. The lowest BCUT2D eigenvalue weighted by Gasteiger charge is -2.18. The highest BCUT2D eigenvalue weighted by Crippen LogP contribution is 2.27. The Bertz CT molecular complexity index is 885. The first-order valence-electron chi connectivity index (χ1n) is 9.34.